The van der Waals surface area contributed by atoms with Gasteiger partial charge in [0.05, 0.1) is 11.4 Å². The molecule has 134 valence electrons. The minimum Gasteiger partial charge on any atom is -0.487 e. The molecule has 1 unspecified atom stereocenters. The van der Waals surface area contributed by atoms with Gasteiger partial charge in [0, 0.05) is 22.6 Å². The molecule has 0 bridgehead atoms. The summed E-state index contributed by atoms with van der Waals surface area (Å²) in [5.41, 5.74) is 0.794. The topological polar surface area (TPSA) is 59.5 Å². The molecule has 0 saturated carbocycles. The highest BCUT2D eigenvalue weighted by Crippen LogP contribution is 2.30. The minimum absolute atomic E-state index is 0.195. The van der Waals surface area contributed by atoms with Gasteiger partial charge in [0.25, 0.3) is 0 Å². The molecule has 2 aromatic carbocycles. The Morgan fingerprint density at radius 1 is 1.08 bits per heavy atom. The third-order valence-electron chi connectivity index (χ3n) is 4.45. The maximum atomic E-state index is 12.9. The van der Waals surface area contributed by atoms with E-state index < -0.39 is 10.0 Å². The van der Waals surface area contributed by atoms with Crippen LogP contribution in [0.3, 0.4) is 0 Å². The first-order chi connectivity index (χ1) is 12.6. The van der Waals surface area contributed by atoms with Crippen molar-refractivity contribution in [1.29, 1.82) is 0 Å². The Balaban J connectivity index is 1.55. The molecule has 1 aromatic heterocycles. The number of halogens is 1. The van der Waals surface area contributed by atoms with Crippen LogP contribution in [-0.4, -0.2) is 36.9 Å². The Kier molecular flexibility index (Phi) is 4.69. The molecule has 5 nitrogen and oxygen atoms in total. The van der Waals surface area contributed by atoms with E-state index in [1.54, 1.807) is 30.5 Å². The van der Waals surface area contributed by atoms with E-state index in [0.29, 0.717) is 29.7 Å². The molecule has 1 fully saturated rings. The van der Waals surface area contributed by atoms with Gasteiger partial charge in [-0.15, -0.1) is 0 Å². The summed E-state index contributed by atoms with van der Waals surface area (Å²) in [6, 6.07) is 16.5. The molecule has 0 amide bonds. The van der Waals surface area contributed by atoms with Crippen LogP contribution in [0.2, 0.25) is 0 Å². The molecule has 0 aliphatic carbocycles. The molecule has 0 N–H and O–H groups in total. The predicted molar refractivity (Wildman–Crippen MR) is 104 cm³/mol. The molecule has 1 atom stereocenters. The summed E-state index contributed by atoms with van der Waals surface area (Å²) in [7, 11) is -3.55. The van der Waals surface area contributed by atoms with Crippen molar-refractivity contribution < 1.29 is 13.2 Å². The van der Waals surface area contributed by atoms with E-state index in [0.717, 1.165) is 10.9 Å². The van der Waals surface area contributed by atoms with E-state index in [1.807, 2.05) is 30.3 Å². The average Bonchev–Trinajstić information content (AvgIpc) is 3.12. The molecule has 1 aliphatic rings. The van der Waals surface area contributed by atoms with E-state index in [1.165, 1.54) is 4.31 Å². The number of hydrogen-bond donors (Lipinski definition) is 0. The third kappa shape index (κ3) is 3.22. The average molecular weight is 433 g/mol. The zero-order chi connectivity index (χ0) is 18.1. The molecule has 0 radical (unpaired) electrons. The number of aromatic nitrogens is 1. The number of ether oxygens (including phenoxy) is 1. The Morgan fingerprint density at radius 2 is 1.88 bits per heavy atom. The van der Waals surface area contributed by atoms with Gasteiger partial charge in [0.15, 0.2) is 0 Å². The SMILES string of the molecule is O=S(=O)(c1ccccc1Br)N1CCC(Oc2cccc3cccnc23)C1. The fourth-order valence-corrected chi connectivity index (χ4v) is 5.61. The lowest BCUT2D eigenvalue weighted by molar-refractivity contribution is 0.218. The highest BCUT2D eigenvalue weighted by Gasteiger charge is 2.34. The van der Waals surface area contributed by atoms with Gasteiger partial charge in [0.1, 0.15) is 17.4 Å². The van der Waals surface area contributed by atoms with E-state index in [4.69, 9.17) is 4.74 Å². The Morgan fingerprint density at radius 3 is 2.73 bits per heavy atom. The second-order valence-corrected chi connectivity index (χ2v) is 8.91. The van der Waals surface area contributed by atoms with Crippen molar-refractivity contribution in [2.24, 2.45) is 0 Å². The van der Waals surface area contributed by atoms with Gasteiger partial charge >= 0.3 is 0 Å². The lowest BCUT2D eigenvalue weighted by Gasteiger charge is -2.18. The highest BCUT2D eigenvalue weighted by molar-refractivity contribution is 9.10. The zero-order valence-corrected chi connectivity index (χ0v) is 16.3. The molecule has 1 aliphatic heterocycles. The van der Waals surface area contributed by atoms with Crippen LogP contribution < -0.4 is 4.74 Å². The van der Waals surface area contributed by atoms with Crippen LogP contribution in [0, 0.1) is 0 Å². The van der Waals surface area contributed by atoms with Crippen LogP contribution in [-0.2, 0) is 10.0 Å². The van der Waals surface area contributed by atoms with Crippen molar-refractivity contribution in [3.05, 3.63) is 65.3 Å². The second kappa shape index (κ2) is 6.98. The van der Waals surface area contributed by atoms with Crippen molar-refractivity contribution >= 4 is 36.9 Å². The fourth-order valence-electron chi connectivity index (χ4n) is 3.16. The number of pyridine rings is 1. The van der Waals surface area contributed by atoms with Gasteiger partial charge in [-0.25, -0.2) is 8.42 Å². The summed E-state index contributed by atoms with van der Waals surface area (Å²) in [6.07, 6.45) is 2.18. The van der Waals surface area contributed by atoms with Crippen LogP contribution >= 0.6 is 15.9 Å². The van der Waals surface area contributed by atoms with Crippen molar-refractivity contribution in [1.82, 2.24) is 9.29 Å². The number of sulfonamides is 1. The van der Waals surface area contributed by atoms with Gasteiger partial charge in [0.2, 0.25) is 10.0 Å². The number of hydrogen-bond acceptors (Lipinski definition) is 4. The van der Waals surface area contributed by atoms with Crippen molar-refractivity contribution in [3.8, 4) is 5.75 Å². The molecule has 1 saturated heterocycles. The van der Waals surface area contributed by atoms with Crippen molar-refractivity contribution in [2.45, 2.75) is 17.4 Å². The van der Waals surface area contributed by atoms with Crippen molar-refractivity contribution in [2.75, 3.05) is 13.1 Å². The molecular formula is C19H17BrN2O3S. The molecule has 26 heavy (non-hydrogen) atoms. The quantitative estimate of drug-likeness (QED) is 0.628. The van der Waals surface area contributed by atoms with Crippen LogP contribution in [0.5, 0.6) is 5.75 Å². The number of nitrogens with zero attached hydrogens (tertiary/aromatic N) is 2. The summed E-state index contributed by atoms with van der Waals surface area (Å²) in [5.74, 6) is 0.688. The highest BCUT2D eigenvalue weighted by atomic mass is 79.9. The molecular weight excluding hydrogens is 416 g/mol. The molecule has 3 aromatic rings. The Labute approximate surface area is 160 Å². The summed E-state index contributed by atoms with van der Waals surface area (Å²) >= 11 is 3.33. The first-order valence-electron chi connectivity index (χ1n) is 8.31. The summed E-state index contributed by atoms with van der Waals surface area (Å²) in [5, 5.41) is 1.00. The number of benzene rings is 2. The summed E-state index contributed by atoms with van der Waals surface area (Å²) < 4.78 is 33.9. The smallest absolute Gasteiger partial charge is 0.244 e. The van der Waals surface area contributed by atoms with Crippen LogP contribution in [0.1, 0.15) is 6.42 Å². The largest absolute Gasteiger partial charge is 0.487 e. The van der Waals surface area contributed by atoms with Gasteiger partial charge in [-0.05, 0) is 46.6 Å². The van der Waals surface area contributed by atoms with E-state index in [-0.39, 0.29) is 11.0 Å². The maximum Gasteiger partial charge on any atom is 0.244 e. The van der Waals surface area contributed by atoms with Crippen LogP contribution in [0.4, 0.5) is 0 Å². The zero-order valence-electron chi connectivity index (χ0n) is 13.9. The molecule has 7 heteroatoms. The van der Waals surface area contributed by atoms with E-state index in [9.17, 15) is 8.42 Å². The van der Waals surface area contributed by atoms with Gasteiger partial charge in [-0.3, -0.25) is 4.98 Å². The fraction of sp³-hybridized carbons (Fsp3) is 0.211. The number of rotatable bonds is 4. The van der Waals surface area contributed by atoms with Gasteiger partial charge < -0.3 is 4.74 Å². The van der Waals surface area contributed by atoms with Crippen LogP contribution in [0.25, 0.3) is 10.9 Å². The van der Waals surface area contributed by atoms with E-state index >= 15 is 0 Å². The van der Waals surface area contributed by atoms with Gasteiger partial charge in [-0.1, -0.05) is 30.3 Å². The number of para-hydroxylation sites is 1. The third-order valence-corrected chi connectivity index (χ3v) is 7.33. The molecule has 0 spiro atoms. The summed E-state index contributed by atoms with van der Waals surface area (Å²) in [6.45, 7) is 0.763. The minimum atomic E-state index is -3.55. The normalized spacial score (nSPS) is 18.3. The first-order valence-corrected chi connectivity index (χ1v) is 10.5. The summed E-state index contributed by atoms with van der Waals surface area (Å²) in [4.78, 5) is 4.67. The first kappa shape index (κ1) is 17.5. The van der Waals surface area contributed by atoms with E-state index in [2.05, 4.69) is 20.9 Å². The lowest BCUT2D eigenvalue weighted by Crippen LogP contribution is -2.31. The number of fused-ring (bicyclic) bond motifs is 1. The van der Waals surface area contributed by atoms with Crippen LogP contribution in [0.15, 0.2) is 70.2 Å². The Hall–Kier alpha value is -1.96. The molecule has 2 heterocycles. The maximum absolute atomic E-state index is 12.9. The predicted octanol–water partition coefficient (Wildman–Crippen LogP) is 3.84. The standard InChI is InChI=1S/C19H17BrN2O3S/c20-16-7-1-2-9-18(16)26(23,24)22-12-10-15(13-22)25-17-8-3-5-14-6-4-11-21-19(14)17/h1-9,11,15H,10,12-13H2. The molecule has 4 rings (SSSR count). The Bertz CT molecular complexity index is 1050. The lowest BCUT2D eigenvalue weighted by atomic mass is 10.2. The monoisotopic (exact) mass is 432 g/mol. The second-order valence-electron chi connectivity index (χ2n) is 6.15. The van der Waals surface area contributed by atoms with Crippen molar-refractivity contribution in [3.63, 3.8) is 0 Å². The van der Waals surface area contributed by atoms with Gasteiger partial charge in [-0.2, -0.15) is 4.31 Å².